The maximum Gasteiger partial charge on any atom is 0.125 e. The average molecular weight is 404 g/mol. The third kappa shape index (κ3) is 9.32. The largest absolute Gasteiger partial charge is 0.493 e. The van der Waals surface area contributed by atoms with E-state index in [4.69, 9.17) is 42.6 Å². The van der Waals surface area contributed by atoms with Gasteiger partial charge in [-0.15, -0.1) is 5.16 Å². The van der Waals surface area contributed by atoms with E-state index in [1.807, 2.05) is 19.1 Å². The first-order chi connectivity index (χ1) is 12.6. The summed E-state index contributed by atoms with van der Waals surface area (Å²) in [5.41, 5.74) is 2.15. The van der Waals surface area contributed by atoms with E-state index in [1.54, 1.807) is 6.08 Å². The number of nitrogens with zero attached hydrogens (tertiary/aromatic N) is 1. The van der Waals surface area contributed by atoms with Crippen LogP contribution in [0, 0.1) is 6.92 Å². The molecule has 1 rings (SSSR count). The van der Waals surface area contributed by atoms with Gasteiger partial charge in [-0.25, -0.2) is 0 Å². The maximum atomic E-state index is 8.27. The lowest BCUT2D eigenvalue weighted by molar-refractivity contribution is 0.133. The molecule has 0 atom stereocenters. The fourth-order valence-electron chi connectivity index (χ4n) is 2.34. The van der Waals surface area contributed by atoms with Crippen LogP contribution >= 0.6 is 23.2 Å². The Bertz CT molecular complexity index is 587. The first kappa shape index (κ1) is 22.6. The van der Waals surface area contributed by atoms with Gasteiger partial charge >= 0.3 is 0 Å². The Kier molecular flexibility index (Phi) is 11.9. The Balaban J connectivity index is 2.42. The Labute approximate surface area is 165 Å². The molecule has 1 N–H and O–H groups in total. The number of rotatable bonds is 13. The molecule has 0 radical (unpaired) electrons. The summed E-state index contributed by atoms with van der Waals surface area (Å²) in [5.74, 6) is 1.70. The highest BCUT2D eigenvalue weighted by molar-refractivity contribution is 6.55. The van der Waals surface area contributed by atoms with Crippen LogP contribution in [0.2, 0.25) is 0 Å². The molecule has 1 aromatic rings. The molecule has 0 saturated heterocycles. The van der Waals surface area contributed by atoms with Crippen molar-refractivity contribution in [2.45, 2.75) is 39.5 Å². The molecule has 0 saturated carbocycles. The van der Waals surface area contributed by atoms with Crippen molar-refractivity contribution in [1.82, 2.24) is 0 Å². The van der Waals surface area contributed by atoms with Crippen LogP contribution < -0.4 is 9.47 Å². The van der Waals surface area contributed by atoms with Crippen LogP contribution in [-0.4, -0.2) is 37.8 Å². The van der Waals surface area contributed by atoms with Crippen LogP contribution in [0.4, 0.5) is 0 Å². The fourth-order valence-corrected chi connectivity index (χ4v) is 2.47. The van der Waals surface area contributed by atoms with Gasteiger partial charge in [0.05, 0.1) is 13.2 Å². The second-order valence-electron chi connectivity index (χ2n) is 5.64. The molecule has 7 heteroatoms. The summed E-state index contributed by atoms with van der Waals surface area (Å²) < 4.78 is 17.3. The van der Waals surface area contributed by atoms with Gasteiger partial charge in [0.15, 0.2) is 0 Å². The van der Waals surface area contributed by atoms with Gasteiger partial charge in [0.1, 0.15) is 22.6 Å². The van der Waals surface area contributed by atoms with Crippen LogP contribution in [0.1, 0.15) is 37.3 Å². The lowest BCUT2D eigenvalue weighted by Crippen LogP contribution is -2.05. The predicted molar refractivity (Wildman–Crippen MR) is 106 cm³/mol. The molecule has 1 aromatic carbocycles. The van der Waals surface area contributed by atoms with Gasteiger partial charge in [-0.05, 0) is 55.5 Å². The average Bonchev–Trinajstić information content (AvgIpc) is 2.61. The Morgan fingerprint density at radius 2 is 1.92 bits per heavy atom. The van der Waals surface area contributed by atoms with Crippen LogP contribution in [0.5, 0.6) is 11.5 Å². The zero-order chi connectivity index (χ0) is 19.2. The molecule has 0 aliphatic rings. The topological polar surface area (TPSA) is 60.3 Å². The summed E-state index contributed by atoms with van der Waals surface area (Å²) in [5, 5.41) is 11.2. The molecule has 0 bridgehead atoms. The van der Waals surface area contributed by atoms with E-state index in [0.29, 0.717) is 32.8 Å². The normalized spacial score (nSPS) is 10.9. The minimum absolute atomic E-state index is 0.197. The lowest BCUT2D eigenvalue weighted by atomic mass is 10.1. The highest BCUT2D eigenvalue weighted by Gasteiger charge is 2.09. The van der Waals surface area contributed by atoms with E-state index < -0.39 is 0 Å². The number of hydrogen-bond acceptors (Lipinski definition) is 5. The third-order valence-electron chi connectivity index (χ3n) is 3.60. The molecule has 0 unspecified atom stereocenters. The minimum Gasteiger partial charge on any atom is -0.493 e. The zero-order valence-corrected chi connectivity index (χ0v) is 16.9. The van der Waals surface area contributed by atoms with Gasteiger partial charge in [-0.3, -0.25) is 0 Å². The van der Waals surface area contributed by atoms with Crippen molar-refractivity contribution in [1.29, 1.82) is 0 Å². The van der Waals surface area contributed by atoms with E-state index in [-0.39, 0.29) is 4.49 Å². The van der Waals surface area contributed by atoms with E-state index in [0.717, 1.165) is 41.9 Å². The third-order valence-corrected chi connectivity index (χ3v) is 3.90. The van der Waals surface area contributed by atoms with E-state index in [2.05, 4.69) is 12.1 Å². The summed E-state index contributed by atoms with van der Waals surface area (Å²) >= 11 is 11.2. The monoisotopic (exact) mass is 403 g/mol. The highest BCUT2D eigenvalue weighted by atomic mass is 35.5. The van der Waals surface area contributed by atoms with Crippen LogP contribution in [0.15, 0.2) is 27.9 Å². The second kappa shape index (κ2) is 13.7. The second-order valence-corrected chi connectivity index (χ2v) is 6.65. The fraction of sp³-hybridized carbons (Fsp3) is 0.526. The van der Waals surface area contributed by atoms with Crippen molar-refractivity contribution in [2.75, 3.05) is 26.4 Å². The SMILES string of the molecule is CCc1cc(OCC=C(Cl)Cl)cc(C)c1OCCCCOCC/C=N/O. The van der Waals surface area contributed by atoms with Gasteiger partial charge in [-0.2, -0.15) is 0 Å². The molecule has 0 fully saturated rings. The van der Waals surface area contributed by atoms with Crippen LogP contribution in [-0.2, 0) is 11.2 Å². The predicted octanol–water partition coefficient (Wildman–Crippen LogP) is 5.28. The molecule has 26 heavy (non-hydrogen) atoms. The first-order valence-corrected chi connectivity index (χ1v) is 9.48. The quantitative estimate of drug-likeness (QED) is 0.210. The number of unbranched alkanes of at least 4 members (excludes halogenated alkanes) is 1. The van der Waals surface area contributed by atoms with Crippen LogP contribution in [0.25, 0.3) is 0 Å². The minimum atomic E-state index is 0.197. The molecule has 0 aliphatic carbocycles. The molecule has 146 valence electrons. The van der Waals surface area contributed by atoms with E-state index in [1.165, 1.54) is 6.21 Å². The van der Waals surface area contributed by atoms with Crippen molar-refractivity contribution >= 4 is 29.4 Å². The number of benzene rings is 1. The van der Waals surface area contributed by atoms with Crippen molar-refractivity contribution < 1.29 is 19.4 Å². The van der Waals surface area contributed by atoms with Crippen LogP contribution in [0.3, 0.4) is 0 Å². The van der Waals surface area contributed by atoms with Gasteiger partial charge in [0.25, 0.3) is 0 Å². The van der Waals surface area contributed by atoms with Crippen molar-refractivity contribution in [3.8, 4) is 11.5 Å². The number of hydrogen-bond donors (Lipinski definition) is 1. The number of ether oxygens (including phenoxy) is 3. The van der Waals surface area contributed by atoms with Gasteiger partial charge in [0.2, 0.25) is 0 Å². The molecule has 0 heterocycles. The number of aryl methyl sites for hydroxylation is 2. The van der Waals surface area contributed by atoms with E-state index in [9.17, 15) is 0 Å². The molecular formula is C19H27Cl2NO4. The lowest BCUT2D eigenvalue weighted by Gasteiger charge is -2.15. The Morgan fingerprint density at radius 3 is 2.62 bits per heavy atom. The van der Waals surface area contributed by atoms with E-state index >= 15 is 0 Å². The summed E-state index contributed by atoms with van der Waals surface area (Å²) in [6.45, 7) is 6.30. The van der Waals surface area contributed by atoms with Crippen molar-refractivity contribution in [3.63, 3.8) is 0 Å². The maximum absolute atomic E-state index is 8.27. The van der Waals surface area contributed by atoms with Gasteiger partial charge in [-0.1, -0.05) is 30.1 Å². The smallest absolute Gasteiger partial charge is 0.125 e. The molecule has 0 aromatic heterocycles. The highest BCUT2D eigenvalue weighted by Crippen LogP contribution is 2.30. The summed E-state index contributed by atoms with van der Waals surface area (Å²) in [6, 6.07) is 3.94. The summed E-state index contributed by atoms with van der Waals surface area (Å²) in [7, 11) is 0. The molecule has 0 spiro atoms. The number of oxime groups is 1. The Morgan fingerprint density at radius 1 is 1.15 bits per heavy atom. The molecule has 5 nitrogen and oxygen atoms in total. The summed E-state index contributed by atoms with van der Waals surface area (Å²) in [6.07, 6.45) is 6.33. The first-order valence-electron chi connectivity index (χ1n) is 8.72. The standard InChI is InChI=1S/C19H27Cl2NO4/c1-3-16-14-17(25-12-7-18(20)21)13-15(2)19(16)26-11-5-4-9-24-10-6-8-22-23/h7-8,13-14,23H,3-6,9-12H2,1-2H3/b22-8+. The molecular weight excluding hydrogens is 377 g/mol. The molecule has 0 amide bonds. The van der Waals surface area contributed by atoms with Gasteiger partial charge < -0.3 is 19.4 Å². The summed E-state index contributed by atoms with van der Waals surface area (Å²) in [4.78, 5) is 0. The Hall–Kier alpha value is -1.43. The van der Waals surface area contributed by atoms with Crippen molar-refractivity contribution in [3.05, 3.63) is 33.8 Å². The number of halogens is 2. The molecule has 0 aliphatic heterocycles. The van der Waals surface area contributed by atoms with Crippen molar-refractivity contribution in [2.24, 2.45) is 5.16 Å². The zero-order valence-electron chi connectivity index (χ0n) is 15.3. The van der Waals surface area contributed by atoms with Gasteiger partial charge in [0, 0.05) is 19.2 Å².